The molecule has 1 amide bonds. The first-order valence-corrected chi connectivity index (χ1v) is 9.94. The van der Waals surface area contributed by atoms with Gasteiger partial charge < -0.3 is 14.2 Å². The smallest absolute Gasteiger partial charge is 0.241 e. The molecule has 0 bridgehead atoms. The van der Waals surface area contributed by atoms with Gasteiger partial charge in [0.2, 0.25) is 17.6 Å². The van der Waals surface area contributed by atoms with Gasteiger partial charge in [0.05, 0.1) is 26.3 Å². The Morgan fingerprint density at radius 3 is 2.43 bits per heavy atom. The lowest BCUT2D eigenvalue weighted by Crippen LogP contribution is -2.52. The Morgan fingerprint density at radius 2 is 1.71 bits per heavy atom. The average Bonchev–Trinajstić information content (AvgIpc) is 3.18. The van der Waals surface area contributed by atoms with Gasteiger partial charge in [0, 0.05) is 49.9 Å². The van der Waals surface area contributed by atoms with Gasteiger partial charge >= 0.3 is 0 Å². The normalized spacial score (nSPS) is 19.1. The van der Waals surface area contributed by atoms with Crippen LogP contribution in [0, 0.1) is 0 Å². The van der Waals surface area contributed by atoms with E-state index in [1.165, 1.54) is 0 Å². The van der Waals surface area contributed by atoms with Gasteiger partial charge in [-0.2, -0.15) is 4.98 Å². The first kappa shape index (κ1) is 19.3. The quantitative estimate of drug-likeness (QED) is 0.743. The summed E-state index contributed by atoms with van der Waals surface area (Å²) in [5.74, 6) is 1.34. The minimum atomic E-state index is 0.198. The third-order valence-corrected chi connectivity index (χ3v) is 5.37. The molecule has 1 aromatic heterocycles. The second kappa shape index (κ2) is 9.00. The van der Waals surface area contributed by atoms with Gasteiger partial charge in [-0.15, -0.1) is 0 Å². The molecule has 0 aliphatic carbocycles. The van der Waals surface area contributed by atoms with E-state index in [1.807, 2.05) is 17.0 Å². The fourth-order valence-electron chi connectivity index (χ4n) is 3.43. The Labute approximate surface area is 169 Å². The predicted molar refractivity (Wildman–Crippen MR) is 104 cm³/mol. The summed E-state index contributed by atoms with van der Waals surface area (Å²) in [6, 6.07) is 7.35. The predicted octanol–water partition coefficient (Wildman–Crippen LogP) is 1.37. The summed E-state index contributed by atoms with van der Waals surface area (Å²) in [5, 5.41) is 4.73. The summed E-state index contributed by atoms with van der Waals surface area (Å²) >= 11 is 5.91. The van der Waals surface area contributed by atoms with Crippen LogP contribution in [0.1, 0.15) is 5.89 Å². The molecule has 28 heavy (non-hydrogen) atoms. The van der Waals surface area contributed by atoms with Crippen molar-refractivity contribution in [2.24, 2.45) is 0 Å². The number of rotatable bonds is 5. The summed E-state index contributed by atoms with van der Waals surface area (Å²) in [5.41, 5.74) is 0.873. The third kappa shape index (κ3) is 4.88. The number of carbonyl (C=O) groups is 1. The molecule has 2 saturated heterocycles. The highest BCUT2D eigenvalue weighted by molar-refractivity contribution is 6.30. The highest BCUT2D eigenvalue weighted by atomic mass is 35.5. The van der Waals surface area contributed by atoms with Crippen LogP contribution in [0.5, 0.6) is 0 Å². The number of morpholine rings is 1. The molecule has 9 heteroatoms. The molecular formula is C19H24ClN5O3. The molecule has 8 nitrogen and oxygen atoms in total. The summed E-state index contributed by atoms with van der Waals surface area (Å²) in [4.78, 5) is 23.3. The molecule has 2 fully saturated rings. The Kier molecular flexibility index (Phi) is 6.21. The molecule has 0 atom stereocenters. The lowest BCUT2D eigenvalue weighted by molar-refractivity contribution is -0.135. The number of benzene rings is 1. The van der Waals surface area contributed by atoms with E-state index in [0.29, 0.717) is 43.0 Å². The number of amides is 1. The second-order valence-electron chi connectivity index (χ2n) is 7.06. The molecule has 2 aliphatic heterocycles. The molecule has 2 aliphatic rings. The molecule has 2 aromatic rings. The number of aromatic nitrogens is 2. The van der Waals surface area contributed by atoms with Gasteiger partial charge in [-0.3, -0.25) is 14.6 Å². The molecule has 1 aromatic carbocycles. The lowest BCUT2D eigenvalue weighted by Gasteiger charge is -2.35. The number of ether oxygens (including phenoxy) is 1. The molecule has 0 spiro atoms. The minimum absolute atomic E-state index is 0.198. The second-order valence-corrected chi connectivity index (χ2v) is 7.50. The highest BCUT2D eigenvalue weighted by Gasteiger charge is 2.24. The topological polar surface area (TPSA) is 74.9 Å². The summed E-state index contributed by atoms with van der Waals surface area (Å²) < 4.78 is 10.7. The van der Waals surface area contributed by atoms with E-state index in [0.717, 1.165) is 44.8 Å². The van der Waals surface area contributed by atoms with E-state index in [2.05, 4.69) is 19.9 Å². The third-order valence-electron chi connectivity index (χ3n) is 5.12. The van der Waals surface area contributed by atoms with Gasteiger partial charge in [0.15, 0.2) is 0 Å². The van der Waals surface area contributed by atoms with Crippen LogP contribution < -0.4 is 0 Å². The van der Waals surface area contributed by atoms with Gasteiger partial charge in [-0.05, 0) is 24.3 Å². The van der Waals surface area contributed by atoms with Crippen molar-refractivity contribution in [3.63, 3.8) is 0 Å². The van der Waals surface area contributed by atoms with Gasteiger partial charge in [-0.1, -0.05) is 16.8 Å². The van der Waals surface area contributed by atoms with Crippen LogP contribution in [0.2, 0.25) is 5.02 Å². The van der Waals surface area contributed by atoms with Crippen LogP contribution in [0.3, 0.4) is 0 Å². The number of hydrogen-bond acceptors (Lipinski definition) is 7. The molecule has 4 rings (SSSR count). The summed E-state index contributed by atoms with van der Waals surface area (Å²) in [6.07, 6.45) is 0. The number of piperazine rings is 1. The zero-order valence-corrected chi connectivity index (χ0v) is 16.5. The van der Waals surface area contributed by atoms with E-state index >= 15 is 0 Å². The number of halogens is 1. The van der Waals surface area contributed by atoms with Crippen LogP contribution in [0.4, 0.5) is 0 Å². The van der Waals surface area contributed by atoms with Crippen molar-refractivity contribution in [1.82, 2.24) is 24.8 Å². The van der Waals surface area contributed by atoms with E-state index in [-0.39, 0.29) is 5.91 Å². The van der Waals surface area contributed by atoms with Crippen molar-refractivity contribution >= 4 is 17.5 Å². The summed E-state index contributed by atoms with van der Waals surface area (Å²) in [7, 11) is 0. The maximum Gasteiger partial charge on any atom is 0.241 e. The zero-order valence-electron chi connectivity index (χ0n) is 15.7. The van der Waals surface area contributed by atoms with Gasteiger partial charge in [0.25, 0.3) is 0 Å². The van der Waals surface area contributed by atoms with Crippen LogP contribution in [0.15, 0.2) is 28.8 Å². The fraction of sp³-hybridized carbons (Fsp3) is 0.526. The molecule has 0 unspecified atom stereocenters. The Hall–Kier alpha value is -2.00. The van der Waals surface area contributed by atoms with E-state index < -0.39 is 0 Å². The van der Waals surface area contributed by atoms with Crippen molar-refractivity contribution < 1.29 is 14.1 Å². The number of hydrogen-bond donors (Lipinski definition) is 0. The maximum absolute atomic E-state index is 12.5. The summed E-state index contributed by atoms with van der Waals surface area (Å²) in [6.45, 7) is 7.21. The maximum atomic E-state index is 12.5. The zero-order chi connectivity index (χ0) is 19.3. The molecule has 0 radical (unpaired) electrons. The van der Waals surface area contributed by atoms with Crippen molar-refractivity contribution in [2.45, 2.75) is 6.54 Å². The SMILES string of the molecule is O=C(CN1CCOCC1)N1CCN(Cc2nc(-c3ccc(Cl)cc3)no2)CC1. The Balaban J connectivity index is 1.25. The molecule has 0 N–H and O–H groups in total. The Morgan fingerprint density at radius 1 is 1.00 bits per heavy atom. The van der Waals surface area contributed by atoms with Gasteiger partial charge in [-0.25, -0.2) is 0 Å². The van der Waals surface area contributed by atoms with Crippen LogP contribution >= 0.6 is 11.6 Å². The van der Waals surface area contributed by atoms with Crippen molar-refractivity contribution in [3.05, 3.63) is 35.2 Å². The fourth-order valence-corrected chi connectivity index (χ4v) is 3.56. The van der Waals surface area contributed by atoms with E-state index in [1.54, 1.807) is 12.1 Å². The number of carbonyl (C=O) groups excluding carboxylic acids is 1. The molecular weight excluding hydrogens is 382 g/mol. The minimum Gasteiger partial charge on any atom is -0.379 e. The molecule has 0 saturated carbocycles. The number of nitrogens with zero attached hydrogens (tertiary/aromatic N) is 5. The highest BCUT2D eigenvalue weighted by Crippen LogP contribution is 2.19. The average molecular weight is 406 g/mol. The first-order chi connectivity index (χ1) is 13.7. The lowest BCUT2D eigenvalue weighted by atomic mass is 10.2. The molecule has 3 heterocycles. The van der Waals surface area contributed by atoms with Crippen LogP contribution in [0.25, 0.3) is 11.4 Å². The van der Waals surface area contributed by atoms with Gasteiger partial charge in [0.1, 0.15) is 0 Å². The van der Waals surface area contributed by atoms with Crippen LogP contribution in [-0.2, 0) is 16.1 Å². The van der Waals surface area contributed by atoms with E-state index in [9.17, 15) is 4.79 Å². The first-order valence-electron chi connectivity index (χ1n) is 9.56. The van der Waals surface area contributed by atoms with Crippen molar-refractivity contribution in [2.75, 3.05) is 59.0 Å². The van der Waals surface area contributed by atoms with Crippen molar-refractivity contribution in [1.29, 1.82) is 0 Å². The molecule has 150 valence electrons. The monoisotopic (exact) mass is 405 g/mol. The van der Waals surface area contributed by atoms with Crippen LogP contribution in [-0.4, -0.2) is 89.8 Å². The van der Waals surface area contributed by atoms with Crippen molar-refractivity contribution in [3.8, 4) is 11.4 Å². The van der Waals surface area contributed by atoms with E-state index in [4.69, 9.17) is 20.9 Å². The standard InChI is InChI=1S/C19H24ClN5O3/c20-16-3-1-15(2-4-16)19-21-17(28-22-19)13-23-5-7-25(8-6-23)18(26)14-24-9-11-27-12-10-24/h1-4H,5-14H2. The Bertz CT molecular complexity index is 783. The largest absolute Gasteiger partial charge is 0.379 e.